The van der Waals surface area contributed by atoms with Crippen molar-refractivity contribution in [2.45, 2.75) is 6.92 Å². The highest BCUT2D eigenvalue weighted by molar-refractivity contribution is 9.11. The fourth-order valence-electron chi connectivity index (χ4n) is 1.91. The van der Waals surface area contributed by atoms with Crippen molar-refractivity contribution >= 4 is 84.0 Å². The second-order valence-electron chi connectivity index (χ2n) is 4.95. The fraction of sp³-hybridized carbons (Fsp3) is 0.125. The number of hydrogen-bond acceptors (Lipinski definition) is 3. The van der Waals surface area contributed by atoms with E-state index >= 15 is 0 Å². The third-order valence-electron chi connectivity index (χ3n) is 2.97. The van der Waals surface area contributed by atoms with Crippen LogP contribution in [0.5, 0.6) is 5.75 Å². The summed E-state index contributed by atoms with van der Waals surface area (Å²) in [7, 11) is 0. The molecule has 0 heterocycles. The lowest BCUT2D eigenvalue weighted by Gasteiger charge is -2.13. The molecule has 132 valence electrons. The Labute approximate surface area is 177 Å². The van der Waals surface area contributed by atoms with E-state index in [1.165, 1.54) is 0 Å². The molecule has 25 heavy (non-hydrogen) atoms. The van der Waals surface area contributed by atoms with Gasteiger partial charge in [0.25, 0.3) is 5.91 Å². The standard InChI is InChI=1S/C16H12Br2Cl2N2O2S/c1-8-4-9(17)5-11(18)15(8)24-7-14(23)22-16(25)21-10-2-3-12(19)13(20)6-10/h2-6H,7H2,1H3,(H2,21,22,23,25). The zero-order valence-corrected chi connectivity index (χ0v) is 18.3. The average Bonchev–Trinajstić information content (AvgIpc) is 2.49. The summed E-state index contributed by atoms with van der Waals surface area (Å²) >= 11 is 23.7. The van der Waals surface area contributed by atoms with Gasteiger partial charge >= 0.3 is 0 Å². The Morgan fingerprint density at radius 1 is 1.20 bits per heavy atom. The third-order valence-corrected chi connectivity index (χ3v) is 4.96. The van der Waals surface area contributed by atoms with Crippen LogP contribution in [0.2, 0.25) is 10.0 Å². The highest BCUT2D eigenvalue weighted by Crippen LogP contribution is 2.32. The summed E-state index contributed by atoms with van der Waals surface area (Å²) in [6.45, 7) is 1.71. The number of amides is 1. The van der Waals surface area contributed by atoms with Gasteiger partial charge in [0.1, 0.15) is 5.75 Å². The van der Waals surface area contributed by atoms with Gasteiger partial charge in [0, 0.05) is 10.2 Å². The van der Waals surface area contributed by atoms with Crippen LogP contribution in [0, 0.1) is 6.92 Å². The Hall–Kier alpha value is -0.860. The number of carbonyl (C=O) groups excluding carboxylic acids is 1. The van der Waals surface area contributed by atoms with E-state index in [1.54, 1.807) is 18.2 Å². The number of thiocarbonyl (C=S) groups is 1. The summed E-state index contributed by atoms with van der Waals surface area (Å²) in [5.74, 6) is 0.216. The number of carbonyl (C=O) groups is 1. The maximum atomic E-state index is 12.0. The molecular formula is C16H12Br2Cl2N2O2S. The van der Waals surface area contributed by atoms with Gasteiger partial charge in [-0.15, -0.1) is 0 Å². The van der Waals surface area contributed by atoms with Crippen LogP contribution in [0.4, 0.5) is 5.69 Å². The zero-order valence-electron chi connectivity index (χ0n) is 12.8. The minimum absolute atomic E-state index is 0.138. The minimum atomic E-state index is -0.383. The van der Waals surface area contributed by atoms with Crippen molar-refractivity contribution in [1.29, 1.82) is 0 Å². The zero-order chi connectivity index (χ0) is 18.6. The van der Waals surface area contributed by atoms with E-state index in [2.05, 4.69) is 42.5 Å². The topological polar surface area (TPSA) is 50.4 Å². The molecule has 0 aliphatic carbocycles. The molecule has 0 radical (unpaired) electrons. The molecule has 2 N–H and O–H groups in total. The smallest absolute Gasteiger partial charge is 0.264 e. The Bertz CT molecular complexity index is 811. The molecule has 2 aromatic rings. The summed E-state index contributed by atoms with van der Waals surface area (Å²) in [5.41, 5.74) is 1.51. The molecule has 1 amide bonds. The van der Waals surface area contributed by atoms with Gasteiger partial charge < -0.3 is 10.1 Å². The number of rotatable bonds is 4. The van der Waals surface area contributed by atoms with Crippen LogP contribution >= 0.6 is 67.3 Å². The van der Waals surface area contributed by atoms with E-state index in [0.717, 1.165) is 14.5 Å². The van der Waals surface area contributed by atoms with E-state index in [-0.39, 0.29) is 17.6 Å². The van der Waals surface area contributed by atoms with Crippen LogP contribution in [-0.4, -0.2) is 17.6 Å². The van der Waals surface area contributed by atoms with Gasteiger partial charge in [-0.3, -0.25) is 10.1 Å². The Balaban J connectivity index is 1.89. The van der Waals surface area contributed by atoms with Crippen LogP contribution in [0.25, 0.3) is 0 Å². The van der Waals surface area contributed by atoms with E-state index in [0.29, 0.717) is 21.5 Å². The van der Waals surface area contributed by atoms with E-state index in [1.807, 2.05) is 19.1 Å². The number of benzene rings is 2. The Morgan fingerprint density at radius 2 is 1.92 bits per heavy atom. The summed E-state index contributed by atoms with van der Waals surface area (Å²) < 4.78 is 7.24. The van der Waals surface area contributed by atoms with Crippen molar-refractivity contribution in [3.05, 3.63) is 54.9 Å². The Morgan fingerprint density at radius 3 is 2.56 bits per heavy atom. The van der Waals surface area contributed by atoms with Crippen molar-refractivity contribution in [3.63, 3.8) is 0 Å². The second kappa shape index (κ2) is 9.19. The molecule has 0 aromatic heterocycles. The van der Waals surface area contributed by atoms with Crippen molar-refractivity contribution < 1.29 is 9.53 Å². The molecular weight excluding hydrogens is 515 g/mol. The van der Waals surface area contributed by atoms with Gasteiger partial charge in [0.05, 0.1) is 14.5 Å². The van der Waals surface area contributed by atoms with Crippen LogP contribution < -0.4 is 15.4 Å². The molecule has 9 heteroatoms. The first-order valence-electron chi connectivity index (χ1n) is 6.90. The number of ether oxygens (including phenoxy) is 1. The normalized spacial score (nSPS) is 10.3. The monoisotopic (exact) mass is 524 g/mol. The van der Waals surface area contributed by atoms with E-state index < -0.39 is 0 Å². The fourth-order valence-corrected chi connectivity index (χ4v) is 3.99. The highest BCUT2D eigenvalue weighted by atomic mass is 79.9. The molecule has 0 spiro atoms. The maximum Gasteiger partial charge on any atom is 0.264 e. The van der Waals surface area contributed by atoms with Gasteiger partial charge in [-0.1, -0.05) is 39.1 Å². The SMILES string of the molecule is Cc1cc(Br)cc(Br)c1OCC(=O)NC(=S)Nc1ccc(Cl)c(Cl)c1. The van der Waals surface area contributed by atoms with Crippen LogP contribution in [0.15, 0.2) is 39.3 Å². The third kappa shape index (κ3) is 6.11. The van der Waals surface area contributed by atoms with Gasteiger partial charge in [-0.25, -0.2) is 0 Å². The van der Waals surface area contributed by atoms with Crippen molar-refractivity contribution in [3.8, 4) is 5.75 Å². The van der Waals surface area contributed by atoms with Gasteiger partial charge in [0.15, 0.2) is 11.7 Å². The van der Waals surface area contributed by atoms with Gasteiger partial charge in [0.2, 0.25) is 0 Å². The molecule has 0 saturated carbocycles. The number of hydrogen-bond donors (Lipinski definition) is 2. The lowest BCUT2D eigenvalue weighted by molar-refractivity contribution is -0.121. The molecule has 0 saturated heterocycles. The predicted molar refractivity (Wildman–Crippen MR) is 113 cm³/mol. The highest BCUT2D eigenvalue weighted by Gasteiger charge is 2.11. The average molecular weight is 527 g/mol. The summed E-state index contributed by atoms with van der Waals surface area (Å²) in [4.78, 5) is 12.0. The first-order chi connectivity index (χ1) is 11.8. The van der Waals surface area contributed by atoms with Crippen molar-refractivity contribution in [2.75, 3.05) is 11.9 Å². The first-order valence-corrected chi connectivity index (χ1v) is 9.65. The van der Waals surface area contributed by atoms with Crippen molar-refractivity contribution in [1.82, 2.24) is 5.32 Å². The quantitative estimate of drug-likeness (QED) is 0.500. The maximum absolute atomic E-state index is 12.0. The molecule has 0 fully saturated rings. The van der Waals surface area contributed by atoms with E-state index in [4.69, 9.17) is 40.2 Å². The van der Waals surface area contributed by atoms with Crippen LogP contribution in [-0.2, 0) is 4.79 Å². The van der Waals surface area contributed by atoms with Crippen LogP contribution in [0.3, 0.4) is 0 Å². The second-order valence-corrected chi connectivity index (χ2v) is 7.95. The molecule has 0 aliphatic heterocycles. The van der Waals surface area contributed by atoms with Crippen molar-refractivity contribution in [2.24, 2.45) is 0 Å². The molecule has 0 atom stereocenters. The molecule has 2 aromatic carbocycles. The summed E-state index contributed by atoms with van der Waals surface area (Å²) in [5, 5.41) is 6.36. The number of aryl methyl sites for hydroxylation is 1. The molecule has 2 rings (SSSR count). The number of anilines is 1. The molecule has 0 bridgehead atoms. The van der Waals surface area contributed by atoms with Gasteiger partial charge in [-0.05, 0) is 71.0 Å². The predicted octanol–water partition coefficient (Wildman–Crippen LogP) is 5.72. The summed E-state index contributed by atoms with van der Waals surface area (Å²) in [6, 6.07) is 8.69. The van der Waals surface area contributed by atoms with Crippen LogP contribution in [0.1, 0.15) is 5.56 Å². The molecule has 0 aliphatic rings. The molecule has 4 nitrogen and oxygen atoms in total. The van der Waals surface area contributed by atoms with E-state index in [9.17, 15) is 4.79 Å². The lowest BCUT2D eigenvalue weighted by Crippen LogP contribution is -2.37. The largest absolute Gasteiger partial charge is 0.482 e. The molecule has 0 unspecified atom stereocenters. The summed E-state index contributed by atoms with van der Waals surface area (Å²) in [6.07, 6.45) is 0. The Kier molecular flexibility index (Phi) is 7.51. The number of nitrogens with one attached hydrogen (secondary N) is 2. The lowest BCUT2D eigenvalue weighted by atomic mass is 10.2. The minimum Gasteiger partial charge on any atom is -0.482 e. The van der Waals surface area contributed by atoms with Gasteiger partial charge in [-0.2, -0.15) is 0 Å². The number of halogens is 4. The first kappa shape index (κ1) is 20.5.